The van der Waals surface area contributed by atoms with Crippen molar-refractivity contribution in [1.82, 2.24) is 14.9 Å². The molecule has 1 saturated heterocycles. The molecule has 1 fully saturated rings. The van der Waals surface area contributed by atoms with Gasteiger partial charge in [0.05, 0.1) is 12.5 Å². The van der Waals surface area contributed by atoms with Gasteiger partial charge in [-0.25, -0.2) is 9.97 Å². The number of carbonyl (C=O) groups is 1. The zero-order chi connectivity index (χ0) is 11.5. The van der Waals surface area contributed by atoms with E-state index in [2.05, 4.69) is 14.9 Å². The maximum Gasteiger partial charge on any atom is 0.308 e. The Morgan fingerprint density at radius 1 is 1.50 bits per heavy atom. The Hall–Kier alpha value is -1.49. The molecule has 5 nitrogen and oxygen atoms in total. The van der Waals surface area contributed by atoms with Crippen LogP contribution < -0.4 is 0 Å². The van der Waals surface area contributed by atoms with Crippen LogP contribution in [-0.4, -0.2) is 39.0 Å². The molecular weight excluding hydrogens is 206 g/mol. The number of hydrogen-bond acceptors (Lipinski definition) is 4. The highest BCUT2D eigenvalue weighted by Crippen LogP contribution is 2.23. The predicted molar refractivity (Wildman–Crippen MR) is 57.6 cm³/mol. The van der Waals surface area contributed by atoms with Gasteiger partial charge in [-0.05, 0) is 12.0 Å². The molecule has 5 heteroatoms. The lowest BCUT2D eigenvalue weighted by Gasteiger charge is -2.13. The molecule has 1 aliphatic rings. The van der Waals surface area contributed by atoms with Crippen molar-refractivity contribution < 1.29 is 9.90 Å². The summed E-state index contributed by atoms with van der Waals surface area (Å²) in [7, 11) is 0. The molecule has 2 atom stereocenters. The number of aromatic nitrogens is 2. The van der Waals surface area contributed by atoms with Crippen molar-refractivity contribution >= 4 is 5.97 Å². The van der Waals surface area contributed by atoms with Gasteiger partial charge >= 0.3 is 5.97 Å². The summed E-state index contributed by atoms with van der Waals surface area (Å²) in [5, 5.41) is 9.01. The molecule has 2 rings (SSSR count). The summed E-state index contributed by atoms with van der Waals surface area (Å²) < 4.78 is 0. The van der Waals surface area contributed by atoms with Crippen molar-refractivity contribution in [3.63, 3.8) is 0 Å². The first kappa shape index (κ1) is 11.0. The van der Waals surface area contributed by atoms with Crippen LogP contribution >= 0.6 is 0 Å². The molecule has 0 aromatic carbocycles. The third-order valence-corrected chi connectivity index (χ3v) is 2.99. The molecule has 16 heavy (non-hydrogen) atoms. The van der Waals surface area contributed by atoms with Crippen LogP contribution in [0.15, 0.2) is 18.5 Å². The summed E-state index contributed by atoms with van der Waals surface area (Å²) in [4.78, 5) is 21.3. The van der Waals surface area contributed by atoms with E-state index < -0.39 is 5.97 Å². The van der Waals surface area contributed by atoms with Crippen molar-refractivity contribution in [2.24, 2.45) is 11.8 Å². The summed E-state index contributed by atoms with van der Waals surface area (Å²) in [6, 6.07) is 1.77. The molecule has 1 aliphatic heterocycles. The number of aliphatic carboxylic acids is 1. The van der Waals surface area contributed by atoms with Crippen LogP contribution in [0.3, 0.4) is 0 Å². The Morgan fingerprint density at radius 3 is 2.75 bits per heavy atom. The first-order valence-electron chi connectivity index (χ1n) is 5.38. The summed E-state index contributed by atoms with van der Waals surface area (Å²) >= 11 is 0. The molecule has 0 radical (unpaired) electrons. The van der Waals surface area contributed by atoms with Crippen LogP contribution in [0.25, 0.3) is 0 Å². The lowest BCUT2D eigenvalue weighted by molar-refractivity contribution is -0.142. The second-order valence-corrected chi connectivity index (χ2v) is 4.28. The highest BCUT2D eigenvalue weighted by molar-refractivity contribution is 5.71. The Labute approximate surface area is 94.1 Å². The topological polar surface area (TPSA) is 66.3 Å². The van der Waals surface area contributed by atoms with Gasteiger partial charge in [0.15, 0.2) is 0 Å². The fourth-order valence-corrected chi connectivity index (χ4v) is 2.13. The zero-order valence-electron chi connectivity index (χ0n) is 9.21. The smallest absolute Gasteiger partial charge is 0.308 e. The van der Waals surface area contributed by atoms with Crippen LogP contribution in [0.5, 0.6) is 0 Å². The number of carboxylic acid groups (broad SMARTS) is 1. The number of hydrogen-bond donors (Lipinski definition) is 1. The first-order valence-corrected chi connectivity index (χ1v) is 5.38. The zero-order valence-corrected chi connectivity index (χ0v) is 9.21. The Bertz CT molecular complexity index is 369. The van der Waals surface area contributed by atoms with E-state index in [1.165, 1.54) is 0 Å². The van der Waals surface area contributed by atoms with Gasteiger partial charge in [-0.3, -0.25) is 9.69 Å². The Kier molecular flexibility index (Phi) is 3.14. The third-order valence-electron chi connectivity index (χ3n) is 2.99. The molecule has 0 amide bonds. The summed E-state index contributed by atoms with van der Waals surface area (Å²) in [6.07, 6.45) is 3.41. The largest absolute Gasteiger partial charge is 0.481 e. The lowest BCUT2D eigenvalue weighted by Crippen LogP contribution is -2.23. The van der Waals surface area contributed by atoms with Gasteiger partial charge in [0.25, 0.3) is 0 Å². The van der Waals surface area contributed by atoms with Crippen LogP contribution in [0, 0.1) is 11.8 Å². The van der Waals surface area contributed by atoms with Gasteiger partial charge in [0.1, 0.15) is 5.82 Å². The van der Waals surface area contributed by atoms with Crippen molar-refractivity contribution in [3.05, 3.63) is 24.3 Å². The standard InChI is InChI=1S/C11H15N3O2/c1-8-5-14(6-9(8)11(15)16)7-10-12-3-2-4-13-10/h2-4,8-9H,5-7H2,1H3,(H,15,16)/t8-,9-/m0/s1. The second kappa shape index (κ2) is 4.57. The SMILES string of the molecule is C[C@H]1CN(Cc2ncccn2)C[C@@H]1C(=O)O. The van der Waals surface area contributed by atoms with E-state index in [0.29, 0.717) is 13.1 Å². The highest BCUT2D eigenvalue weighted by Gasteiger charge is 2.34. The number of carboxylic acids is 1. The third kappa shape index (κ3) is 2.36. The van der Waals surface area contributed by atoms with Crippen molar-refractivity contribution in [2.45, 2.75) is 13.5 Å². The van der Waals surface area contributed by atoms with E-state index in [9.17, 15) is 4.79 Å². The monoisotopic (exact) mass is 221 g/mol. The summed E-state index contributed by atoms with van der Waals surface area (Å²) in [5.74, 6) is -0.0188. The molecule has 1 aromatic heterocycles. The molecule has 0 spiro atoms. The summed E-state index contributed by atoms with van der Waals surface area (Å²) in [6.45, 7) is 4.00. The minimum Gasteiger partial charge on any atom is -0.481 e. The van der Waals surface area contributed by atoms with Gasteiger partial charge in [-0.1, -0.05) is 6.92 Å². The normalized spacial score (nSPS) is 25.8. The van der Waals surface area contributed by atoms with E-state index in [4.69, 9.17) is 5.11 Å². The average Bonchev–Trinajstić information content (AvgIpc) is 2.61. The van der Waals surface area contributed by atoms with E-state index >= 15 is 0 Å². The fourth-order valence-electron chi connectivity index (χ4n) is 2.13. The predicted octanol–water partition coefficient (Wildman–Crippen LogP) is 0.629. The molecule has 86 valence electrons. The molecule has 0 saturated carbocycles. The molecule has 0 unspecified atom stereocenters. The number of nitrogens with zero attached hydrogens (tertiary/aromatic N) is 3. The van der Waals surface area contributed by atoms with Gasteiger partial charge < -0.3 is 5.11 Å². The van der Waals surface area contributed by atoms with Crippen LogP contribution in [0.4, 0.5) is 0 Å². The highest BCUT2D eigenvalue weighted by atomic mass is 16.4. The van der Waals surface area contributed by atoms with Crippen LogP contribution in [-0.2, 0) is 11.3 Å². The van der Waals surface area contributed by atoms with Crippen LogP contribution in [0.1, 0.15) is 12.7 Å². The summed E-state index contributed by atoms with van der Waals surface area (Å²) in [5.41, 5.74) is 0. The van der Waals surface area contributed by atoms with Crippen molar-refractivity contribution in [3.8, 4) is 0 Å². The lowest BCUT2D eigenvalue weighted by atomic mass is 9.99. The molecule has 0 aliphatic carbocycles. The van der Waals surface area contributed by atoms with Gasteiger partial charge in [-0.15, -0.1) is 0 Å². The second-order valence-electron chi connectivity index (χ2n) is 4.28. The minimum absolute atomic E-state index is 0.196. The first-order chi connectivity index (χ1) is 7.66. The average molecular weight is 221 g/mol. The number of likely N-dealkylation sites (tertiary alicyclic amines) is 1. The number of rotatable bonds is 3. The minimum atomic E-state index is -0.705. The maximum atomic E-state index is 11.0. The Balaban J connectivity index is 1.96. The van der Waals surface area contributed by atoms with Gasteiger partial charge in [0, 0.05) is 25.5 Å². The van der Waals surface area contributed by atoms with E-state index in [-0.39, 0.29) is 11.8 Å². The van der Waals surface area contributed by atoms with Crippen LogP contribution in [0.2, 0.25) is 0 Å². The fraction of sp³-hybridized carbons (Fsp3) is 0.545. The molecule has 1 aromatic rings. The van der Waals surface area contributed by atoms with E-state index in [1.54, 1.807) is 18.5 Å². The quantitative estimate of drug-likeness (QED) is 0.810. The molecule has 0 bridgehead atoms. The van der Waals surface area contributed by atoms with Crippen molar-refractivity contribution in [1.29, 1.82) is 0 Å². The molecular formula is C11H15N3O2. The Morgan fingerprint density at radius 2 is 2.19 bits per heavy atom. The van der Waals surface area contributed by atoms with Gasteiger partial charge in [-0.2, -0.15) is 0 Å². The van der Waals surface area contributed by atoms with Gasteiger partial charge in [0.2, 0.25) is 0 Å². The van der Waals surface area contributed by atoms with E-state index in [0.717, 1.165) is 12.4 Å². The van der Waals surface area contributed by atoms with Crippen molar-refractivity contribution in [2.75, 3.05) is 13.1 Å². The molecule has 2 heterocycles. The van der Waals surface area contributed by atoms with E-state index in [1.807, 2.05) is 6.92 Å². The maximum absolute atomic E-state index is 11.0. The molecule has 1 N–H and O–H groups in total.